The van der Waals surface area contributed by atoms with Crippen LogP contribution in [0.25, 0.3) is 0 Å². The van der Waals surface area contributed by atoms with Crippen molar-refractivity contribution in [2.45, 2.75) is 50.3 Å². The SMILES string of the molecule is CCC(Sc1nc(COC(C)C)cc(=O)[nH]1)C(=O)Nc1c(F)cccc1F. The number of hydrogen-bond acceptors (Lipinski definition) is 5. The van der Waals surface area contributed by atoms with Crippen molar-refractivity contribution < 1.29 is 18.3 Å². The molecule has 1 heterocycles. The van der Waals surface area contributed by atoms with Gasteiger partial charge in [0.25, 0.3) is 5.56 Å². The second-order valence-corrected chi connectivity index (χ2v) is 7.19. The third-order valence-electron chi connectivity index (χ3n) is 3.47. The first-order valence-corrected chi connectivity index (χ1v) is 9.31. The van der Waals surface area contributed by atoms with Gasteiger partial charge in [-0.05, 0) is 32.4 Å². The topological polar surface area (TPSA) is 84.1 Å². The van der Waals surface area contributed by atoms with E-state index in [4.69, 9.17) is 4.74 Å². The number of aromatic nitrogens is 2. The summed E-state index contributed by atoms with van der Waals surface area (Å²) >= 11 is 1.01. The number of thioether (sulfide) groups is 1. The van der Waals surface area contributed by atoms with E-state index < -0.39 is 28.5 Å². The Balaban J connectivity index is 2.14. The summed E-state index contributed by atoms with van der Waals surface area (Å²) in [6.45, 7) is 5.64. The van der Waals surface area contributed by atoms with Crippen molar-refractivity contribution in [3.05, 3.63) is 51.9 Å². The van der Waals surface area contributed by atoms with Crippen molar-refractivity contribution in [1.29, 1.82) is 0 Å². The van der Waals surface area contributed by atoms with Crippen LogP contribution in [-0.4, -0.2) is 27.2 Å². The minimum Gasteiger partial charge on any atom is -0.373 e. The van der Waals surface area contributed by atoms with Crippen molar-refractivity contribution >= 4 is 23.4 Å². The van der Waals surface area contributed by atoms with E-state index in [1.807, 2.05) is 13.8 Å². The number of amides is 1. The van der Waals surface area contributed by atoms with Gasteiger partial charge in [0.2, 0.25) is 5.91 Å². The molecule has 0 saturated carbocycles. The maximum Gasteiger partial charge on any atom is 0.251 e. The van der Waals surface area contributed by atoms with Gasteiger partial charge < -0.3 is 15.0 Å². The molecule has 0 radical (unpaired) electrons. The zero-order valence-electron chi connectivity index (χ0n) is 15.2. The Kier molecular flexibility index (Phi) is 7.49. The predicted octanol–water partition coefficient (Wildman–Crippen LogP) is 3.48. The fraction of sp³-hybridized carbons (Fsp3) is 0.389. The molecule has 27 heavy (non-hydrogen) atoms. The smallest absolute Gasteiger partial charge is 0.251 e. The molecule has 1 unspecified atom stereocenters. The van der Waals surface area contributed by atoms with Gasteiger partial charge in [0.1, 0.15) is 17.3 Å². The summed E-state index contributed by atoms with van der Waals surface area (Å²) in [5, 5.41) is 1.80. The highest BCUT2D eigenvalue weighted by Gasteiger charge is 2.22. The normalized spacial score (nSPS) is 12.2. The number of H-pyrrole nitrogens is 1. The number of halogens is 2. The largest absolute Gasteiger partial charge is 0.373 e. The Labute approximate surface area is 159 Å². The first kappa shape index (κ1) is 21.0. The first-order chi connectivity index (χ1) is 12.8. The van der Waals surface area contributed by atoms with Crippen LogP contribution in [-0.2, 0) is 16.1 Å². The summed E-state index contributed by atoms with van der Waals surface area (Å²) in [5.41, 5.74) is -0.433. The highest BCUT2D eigenvalue weighted by molar-refractivity contribution is 8.00. The molecular weight excluding hydrogens is 376 g/mol. The molecule has 9 heteroatoms. The quantitative estimate of drug-likeness (QED) is 0.526. The molecule has 1 aromatic carbocycles. The maximum absolute atomic E-state index is 13.7. The number of nitrogens with one attached hydrogen (secondary N) is 2. The lowest BCUT2D eigenvalue weighted by Crippen LogP contribution is -2.26. The third kappa shape index (κ3) is 6.14. The van der Waals surface area contributed by atoms with E-state index in [-0.39, 0.29) is 23.4 Å². The second kappa shape index (κ2) is 9.61. The molecule has 0 fully saturated rings. The van der Waals surface area contributed by atoms with Gasteiger partial charge in [0, 0.05) is 6.07 Å². The van der Waals surface area contributed by atoms with Crippen LogP contribution in [0, 0.1) is 11.6 Å². The number of hydrogen-bond donors (Lipinski definition) is 2. The highest BCUT2D eigenvalue weighted by Crippen LogP contribution is 2.25. The summed E-state index contributed by atoms with van der Waals surface area (Å²) in [6.07, 6.45) is 0.343. The number of para-hydroxylation sites is 1. The fourth-order valence-electron chi connectivity index (χ4n) is 2.14. The molecule has 2 rings (SSSR count). The predicted molar refractivity (Wildman–Crippen MR) is 99.7 cm³/mol. The van der Waals surface area contributed by atoms with Gasteiger partial charge in [-0.15, -0.1) is 0 Å². The number of anilines is 1. The van der Waals surface area contributed by atoms with Gasteiger partial charge in [0.05, 0.1) is 23.7 Å². The van der Waals surface area contributed by atoms with E-state index >= 15 is 0 Å². The van der Waals surface area contributed by atoms with E-state index in [1.165, 1.54) is 12.1 Å². The average molecular weight is 397 g/mol. The molecule has 1 aromatic heterocycles. The lowest BCUT2D eigenvalue weighted by Gasteiger charge is -2.15. The minimum absolute atomic E-state index is 0.0213. The minimum atomic E-state index is -0.859. The second-order valence-electron chi connectivity index (χ2n) is 6.00. The van der Waals surface area contributed by atoms with Crippen molar-refractivity contribution in [1.82, 2.24) is 9.97 Å². The zero-order valence-corrected chi connectivity index (χ0v) is 16.0. The Morgan fingerprint density at radius 3 is 2.59 bits per heavy atom. The number of aromatic amines is 1. The molecule has 2 N–H and O–H groups in total. The molecule has 0 saturated heterocycles. The monoisotopic (exact) mass is 397 g/mol. The molecule has 2 aromatic rings. The number of carbonyl (C=O) groups excluding carboxylic acids is 1. The van der Waals surface area contributed by atoms with Crippen molar-refractivity contribution in [2.75, 3.05) is 5.32 Å². The molecule has 0 bridgehead atoms. The summed E-state index contributed by atoms with van der Waals surface area (Å²) < 4.78 is 32.9. The van der Waals surface area contributed by atoms with Crippen molar-refractivity contribution in [2.24, 2.45) is 0 Å². The molecule has 1 amide bonds. The summed E-state index contributed by atoms with van der Waals surface area (Å²) in [6, 6.07) is 4.65. The van der Waals surface area contributed by atoms with E-state index in [0.29, 0.717) is 12.1 Å². The van der Waals surface area contributed by atoms with E-state index in [0.717, 1.165) is 23.9 Å². The number of rotatable bonds is 8. The molecule has 0 aliphatic carbocycles. The van der Waals surface area contributed by atoms with Crippen LogP contribution >= 0.6 is 11.8 Å². The van der Waals surface area contributed by atoms with E-state index in [9.17, 15) is 18.4 Å². The van der Waals surface area contributed by atoms with Gasteiger partial charge in [-0.3, -0.25) is 9.59 Å². The third-order valence-corrected chi connectivity index (χ3v) is 4.71. The summed E-state index contributed by atoms with van der Waals surface area (Å²) in [7, 11) is 0. The molecule has 0 aliphatic rings. The van der Waals surface area contributed by atoms with Gasteiger partial charge >= 0.3 is 0 Å². The van der Waals surface area contributed by atoms with E-state index in [2.05, 4.69) is 15.3 Å². The Hall–Kier alpha value is -2.26. The maximum atomic E-state index is 13.7. The van der Waals surface area contributed by atoms with Crippen LogP contribution in [0.1, 0.15) is 32.9 Å². The Bertz CT molecular complexity index is 838. The zero-order chi connectivity index (χ0) is 20.0. The van der Waals surface area contributed by atoms with E-state index in [1.54, 1.807) is 6.92 Å². The molecule has 0 aliphatic heterocycles. The number of ether oxygens (including phenoxy) is 1. The van der Waals surface area contributed by atoms with Crippen molar-refractivity contribution in [3.63, 3.8) is 0 Å². The number of nitrogens with zero attached hydrogens (tertiary/aromatic N) is 1. The van der Waals surface area contributed by atoms with Crippen LogP contribution in [0.4, 0.5) is 14.5 Å². The standard InChI is InChI=1S/C18H21F2N3O3S/c1-4-14(17(25)23-16-12(19)6-5-7-13(16)20)27-18-21-11(8-15(24)22-18)9-26-10(2)3/h5-8,10,14H,4,9H2,1-3H3,(H,23,25)(H,21,22,24). The van der Waals surface area contributed by atoms with Crippen molar-refractivity contribution in [3.8, 4) is 0 Å². The Morgan fingerprint density at radius 1 is 1.33 bits per heavy atom. The molecule has 0 spiro atoms. The lowest BCUT2D eigenvalue weighted by molar-refractivity contribution is -0.115. The first-order valence-electron chi connectivity index (χ1n) is 8.43. The lowest BCUT2D eigenvalue weighted by atomic mass is 10.2. The summed E-state index contributed by atoms with van der Waals surface area (Å²) in [5.74, 6) is -2.30. The molecular formula is C18H21F2N3O3S. The van der Waals surface area contributed by atoms with Crippen LogP contribution < -0.4 is 10.9 Å². The molecule has 6 nitrogen and oxygen atoms in total. The highest BCUT2D eigenvalue weighted by atomic mass is 32.2. The van der Waals surface area contributed by atoms with Crippen LogP contribution in [0.5, 0.6) is 0 Å². The van der Waals surface area contributed by atoms with Gasteiger partial charge in [-0.25, -0.2) is 13.8 Å². The number of benzene rings is 1. The fourth-order valence-corrected chi connectivity index (χ4v) is 3.07. The van der Waals surface area contributed by atoms with Crippen LogP contribution in [0.3, 0.4) is 0 Å². The van der Waals surface area contributed by atoms with Gasteiger partial charge in [0.15, 0.2) is 5.16 Å². The summed E-state index contributed by atoms with van der Waals surface area (Å²) in [4.78, 5) is 31.1. The van der Waals surface area contributed by atoms with Gasteiger partial charge in [-0.1, -0.05) is 24.8 Å². The van der Waals surface area contributed by atoms with Gasteiger partial charge in [-0.2, -0.15) is 0 Å². The molecule has 1 atom stereocenters. The number of carbonyl (C=O) groups is 1. The van der Waals surface area contributed by atoms with Crippen LogP contribution in [0.15, 0.2) is 34.2 Å². The van der Waals surface area contributed by atoms with Crippen LogP contribution in [0.2, 0.25) is 0 Å². The molecule has 146 valence electrons. The Morgan fingerprint density at radius 2 is 2.00 bits per heavy atom. The average Bonchev–Trinajstić information content (AvgIpc) is 2.60.